The first kappa shape index (κ1) is 20.4. The van der Waals surface area contributed by atoms with E-state index in [0.29, 0.717) is 36.5 Å². The van der Waals surface area contributed by atoms with Crippen LogP contribution in [0.1, 0.15) is 28.8 Å². The lowest BCUT2D eigenvalue weighted by molar-refractivity contribution is -0.137. The van der Waals surface area contributed by atoms with E-state index in [1.807, 2.05) is 0 Å². The Labute approximate surface area is 147 Å². The van der Waals surface area contributed by atoms with Crippen LogP contribution < -0.4 is 11.1 Å². The molecule has 1 aromatic carbocycles. The van der Waals surface area contributed by atoms with Crippen molar-refractivity contribution in [1.82, 2.24) is 4.98 Å². The highest BCUT2D eigenvalue weighted by atomic mass is 35.5. The van der Waals surface area contributed by atoms with Gasteiger partial charge in [-0.2, -0.15) is 13.2 Å². The Hall–Kier alpha value is -1.64. The highest BCUT2D eigenvalue weighted by Crippen LogP contribution is 2.30. The molecule has 1 amide bonds. The predicted octanol–water partition coefficient (Wildman–Crippen LogP) is 3.85. The Kier molecular flexibility index (Phi) is 7.65. The van der Waals surface area contributed by atoms with Crippen molar-refractivity contribution in [2.24, 2.45) is 5.73 Å². The molecular weight excluding hydrogens is 363 g/mol. The third kappa shape index (κ3) is 6.10. The summed E-state index contributed by atoms with van der Waals surface area (Å²) in [7, 11) is 0. The van der Waals surface area contributed by atoms with E-state index in [4.69, 9.17) is 5.73 Å². The average molecular weight is 380 g/mol. The molecule has 0 aliphatic heterocycles. The molecule has 0 fully saturated rings. The third-order valence-corrected chi connectivity index (χ3v) is 3.95. The van der Waals surface area contributed by atoms with Gasteiger partial charge < -0.3 is 11.1 Å². The van der Waals surface area contributed by atoms with Crippen LogP contribution in [0, 0.1) is 0 Å². The number of halogens is 4. The lowest BCUT2D eigenvalue weighted by Crippen LogP contribution is -2.13. The fraction of sp³-hybridized carbons (Fsp3) is 0.333. The zero-order chi connectivity index (χ0) is 16.9. The molecule has 4 nitrogen and oxygen atoms in total. The minimum atomic E-state index is -4.36. The highest BCUT2D eigenvalue weighted by Gasteiger charge is 2.30. The molecule has 2 aromatic rings. The number of thiazole rings is 1. The summed E-state index contributed by atoms with van der Waals surface area (Å²) >= 11 is 1.25. The number of amides is 1. The number of aromatic nitrogens is 1. The van der Waals surface area contributed by atoms with Gasteiger partial charge in [-0.3, -0.25) is 4.79 Å². The van der Waals surface area contributed by atoms with Gasteiger partial charge in [-0.25, -0.2) is 4.98 Å². The number of benzene rings is 1. The Morgan fingerprint density at radius 3 is 2.75 bits per heavy atom. The van der Waals surface area contributed by atoms with Crippen LogP contribution >= 0.6 is 23.7 Å². The zero-order valence-corrected chi connectivity index (χ0v) is 14.2. The second kappa shape index (κ2) is 9.00. The monoisotopic (exact) mass is 379 g/mol. The van der Waals surface area contributed by atoms with Gasteiger partial charge in [0.1, 0.15) is 0 Å². The molecule has 0 bridgehead atoms. The minimum absolute atomic E-state index is 0. The number of alkyl halides is 3. The summed E-state index contributed by atoms with van der Waals surface area (Å²) in [6.45, 7) is 0.437. The molecule has 1 aromatic heterocycles. The Bertz CT molecular complexity index is 676. The standard InChI is InChI=1S/C15H16F3N3OS.ClH/c16-15(17,18)11-4-1-3-10(7-11)8-12-9-20-14(23-12)21-13(22)5-2-6-19;/h1,3-4,7,9H,2,5-6,8,19H2,(H,20,21,22);1H. The number of nitrogens with one attached hydrogen (secondary N) is 1. The van der Waals surface area contributed by atoms with Crippen molar-refractivity contribution in [3.8, 4) is 0 Å². The fourth-order valence-corrected chi connectivity index (χ4v) is 2.81. The van der Waals surface area contributed by atoms with Crippen molar-refractivity contribution in [3.05, 3.63) is 46.5 Å². The molecule has 0 aliphatic rings. The molecule has 0 atom stereocenters. The number of nitrogens with zero attached hydrogens (tertiary/aromatic N) is 1. The van der Waals surface area contributed by atoms with Crippen molar-refractivity contribution in [2.45, 2.75) is 25.4 Å². The Morgan fingerprint density at radius 1 is 1.33 bits per heavy atom. The van der Waals surface area contributed by atoms with Crippen LogP contribution in [-0.4, -0.2) is 17.4 Å². The molecule has 0 saturated heterocycles. The molecule has 0 radical (unpaired) electrons. The molecule has 1 heterocycles. The van der Waals surface area contributed by atoms with Crippen molar-refractivity contribution in [1.29, 1.82) is 0 Å². The van der Waals surface area contributed by atoms with E-state index in [9.17, 15) is 18.0 Å². The molecular formula is C15H17ClF3N3OS. The van der Waals surface area contributed by atoms with Crippen molar-refractivity contribution >= 4 is 34.8 Å². The molecule has 0 spiro atoms. The maximum atomic E-state index is 12.7. The van der Waals surface area contributed by atoms with E-state index in [0.717, 1.165) is 17.0 Å². The molecule has 0 saturated carbocycles. The van der Waals surface area contributed by atoms with E-state index >= 15 is 0 Å². The van der Waals surface area contributed by atoms with Crippen molar-refractivity contribution in [3.63, 3.8) is 0 Å². The SMILES string of the molecule is Cl.NCCCC(=O)Nc1ncc(Cc2cccc(C(F)(F)F)c2)s1. The van der Waals surface area contributed by atoms with Crippen LogP contribution in [0.2, 0.25) is 0 Å². The first-order valence-corrected chi connectivity index (χ1v) is 7.81. The molecule has 3 N–H and O–H groups in total. The van der Waals surface area contributed by atoms with Crippen molar-refractivity contribution < 1.29 is 18.0 Å². The van der Waals surface area contributed by atoms with E-state index in [1.165, 1.54) is 17.4 Å². The quantitative estimate of drug-likeness (QED) is 0.801. The van der Waals surface area contributed by atoms with Gasteiger partial charge >= 0.3 is 6.18 Å². The average Bonchev–Trinajstić information content (AvgIpc) is 2.91. The van der Waals surface area contributed by atoms with Gasteiger partial charge in [-0.05, 0) is 24.6 Å². The highest BCUT2D eigenvalue weighted by molar-refractivity contribution is 7.15. The van der Waals surface area contributed by atoms with Crippen LogP contribution in [0.15, 0.2) is 30.5 Å². The normalized spacial score (nSPS) is 11.0. The number of hydrogen-bond donors (Lipinski definition) is 2. The summed E-state index contributed by atoms with van der Waals surface area (Å²) in [5.74, 6) is -0.171. The second-order valence-electron chi connectivity index (χ2n) is 4.95. The second-order valence-corrected chi connectivity index (χ2v) is 6.06. The third-order valence-electron chi connectivity index (χ3n) is 3.04. The van der Waals surface area contributed by atoms with E-state index < -0.39 is 11.7 Å². The van der Waals surface area contributed by atoms with Crippen molar-refractivity contribution in [2.75, 3.05) is 11.9 Å². The fourth-order valence-electron chi connectivity index (χ4n) is 1.95. The lowest BCUT2D eigenvalue weighted by Gasteiger charge is -2.07. The number of rotatable bonds is 6. The van der Waals surface area contributed by atoms with Gasteiger partial charge in [-0.1, -0.05) is 18.2 Å². The first-order chi connectivity index (χ1) is 10.9. The summed E-state index contributed by atoms with van der Waals surface area (Å²) in [4.78, 5) is 16.4. The number of nitrogens with two attached hydrogens (primary N) is 1. The summed E-state index contributed by atoms with van der Waals surface area (Å²) in [6.07, 6.45) is -1.55. The molecule has 0 unspecified atom stereocenters. The van der Waals surface area contributed by atoms with Gasteiger partial charge in [0.25, 0.3) is 0 Å². The Morgan fingerprint density at radius 2 is 2.08 bits per heavy atom. The molecule has 9 heteroatoms. The number of hydrogen-bond acceptors (Lipinski definition) is 4. The van der Waals surface area contributed by atoms with Crippen LogP contribution in [0.4, 0.5) is 18.3 Å². The number of carbonyl (C=O) groups excluding carboxylic acids is 1. The smallest absolute Gasteiger partial charge is 0.330 e. The largest absolute Gasteiger partial charge is 0.416 e. The molecule has 2 rings (SSSR count). The summed E-state index contributed by atoms with van der Waals surface area (Å²) < 4.78 is 38.1. The van der Waals surface area contributed by atoms with Crippen LogP contribution in [0.3, 0.4) is 0 Å². The summed E-state index contributed by atoms with van der Waals surface area (Å²) in [5.41, 5.74) is 5.20. The molecule has 0 aliphatic carbocycles. The van der Waals surface area contributed by atoms with Crippen LogP contribution in [0.25, 0.3) is 0 Å². The first-order valence-electron chi connectivity index (χ1n) is 6.99. The van der Waals surface area contributed by atoms with E-state index in [1.54, 1.807) is 12.3 Å². The van der Waals surface area contributed by atoms with Gasteiger partial charge in [-0.15, -0.1) is 23.7 Å². The molecule has 24 heavy (non-hydrogen) atoms. The number of carbonyl (C=O) groups is 1. The van der Waals surface area contributed by atoms with Gasteiger partial charge in [0.05, 0.1) is 5.56 Å². The lowest BCUT2D eigenvalue weighted by atomic mass is 10.1. The van der Waals surface area contributed by atoms with E-state index in [2.05, 4.69) is 10.3 Å². The molecule has 132 valence electrons. The van der Waals surface area contributed by atoms with Gasteiger partial charge in [0.15, 0.2) is 5.13 Å². The van der Waals surface area contributed by atoms with Gasteiger partial charge in [0.2, 0.25) is 5.91 Å². The maximum absolute atomic E-state index is 12.7. The summed E-state index contributed by atoms with van der Waals surface area (Å²) in [5, 5.41) is 3.09. The number of anilines is 1. The maximum Gasteiger partial charge on any atom is 0.416 e. The Balaban J connectivity index is 0.00000288. The summed E-state index contributed by atoms with van der Waals surface area (Å²) in [6, 6.07) is 5.18. The predicted molar refractivity (Wildman–Crippen MR) is 90.5 cm³/mol. The minimum Gasteiger partial charge on any atom is -0.330 e. The van der Waals surface area contributed by atoms with Crippen LogP contribution in [-0.2, 0) is 17.4 Å². The van der Waals surface area contributed by atoms with Crippen LogP contribution in [0.5, 0.6) is 0 Å². The van der Waals surface area contributed by atoms with Gasteiger partial charge in [0, 0.05) is 23.9 Å². The zero-order valence-electron chi connectivity index (χ0n) is 12.6. The topological polar surface area (TPSA) is 68.0 Å². The van der Waals surface area contributed by atoms with E-state index in [-0.39, 0.29) is 18.3 Å².